The Bertz CT molecular complexity index is 563. The predicted octanol–water partition coefficient (Wildman–Crippen LogP) is 2.61. The molecule has 1 aromatic carbocycles. The minimum atomic E-state index is -0.0796. The molecule has 4 atom stereocenters. The third-order valence-corrected chi connectivity index (χ3v) is 6.13. The van der Waals surface area contributed by atoms with E-state index in [1.54, 1.807) is 0 Å². The van der Waals surface area contributed by atoms with Crippen molar-refractivity contribution in [3.05, 3.63) is 27.3 Å². The van der Waals surface area contributed by atoms with E-state index in [9.17, 15) is 4.79 Å². The summed E-state index contributed by atoms with van der Waals surface area (Å²) < 4.78 is 6.16. The first kappa shape index (κ1) is 15.1. The van der Waals surface area contributed by atoms with Crippen molar-refractivity contribution in [2.75, 3.05) is 19.9 Å². The number of piperidine rings is 1. The van der Waals surface area contributed by atoms with Crippen molar-refractivity contribution in [3.8, 4) is 0 Å². The van der Waals surface area contributed by atoms with Gasteiger partial charge in [0.2, 0.25) is 0 Å². The van der Waals surface area contributed by atoms with Gasteiger partial charge < -0.3 is 10.5 Å². The second-order valence-electron chi connectivity index (χ2n) is 6.14. The number of nitrogens with zero attached hydrogens (tertiary/aromatic N) is 1. The molecule has 0 radical (unpaired) electrons. The SMILES string of the molecule is COC(=O)C1C2CC[C@H](C[C@@H]1c1ccc(N)c(I)c1)N2C. The van der Waals surface area contributed by atoms with Gasteiger partial charge in [-0.05, 0) is 66.6 Å². The molecule has 2 bridgehead atoms. The van der Waals surface area contributed by atoms with Crippen LogP contribution in [0.5, 0.6) is 0 Å². The molecule has 0 amide bonds. The molecule has 3 rings (SSSR count). The summed E-state index contributed by atoms with van der Waals surface area (Å²) in [6, 6.07) is 7.03. The van der Waals surface area contributed by atoms with E-state index in [1.165, 1.54) is 19.1 Å². The molecule has 5 heteroatoms. The number of carbonyl (C=O) groups is 1. The molecular weight excluding hydrogens is 379 g/mol. The molecule has 0 spiro atoms. The lowest BCUT2D eigenvalue weighted by Crippen LogP contribution is -2.49. The molecule has 2 aliphatic heterocycles. The van der Waals surface area contributed by atoms with Crippen molar-refractivity contribution in [1.82, 2.24) is 4.90 Å². The number of nitrogen functional groups attached to an aromatic ring is 1. The Morgan fingerprint density at radius 2 is 2.19 bits per heavy atom. The lowest BCUT2D eigenvalue weighted by atomic mass is 9.76. The molecule has 2 saturated heterocycles. The topological polar surface area (TPSA) is 55.6 Å². The van der Waals surface area contributed by atoms with Crippen molar-refractivity contribution in [2.45, 2.75) is 37.3 Å². The van der Waals surface area contributed by atoms with E-state index in [4.69, 9.17) is 10.5 Å². The van der Waals surface area contributed by atoms with Crippen molar-refractivity contribution in [2.24, 2.45) is 5.92 Å². The summed E-state index contributed by atoms with van der Waals surface area (Å²) in [6.07, 6.45) is 3.29. The minimum absolute atomic E-state index is 0.0711. The van der Waals surface area contributed by atoms with Gasteiger partial charge >= 0.3 is 5.97 Å². The summed E-state index contributed by atoms with van der Waals surface area (Å²) in [5, 5.41) is 0. The second-order valence-corrected chi connectivity index (χ2v) is 7.30. The van der Waals surface area contributed by atoms with E-state index in [1.807, 2.05) is 6.07 Å². The lowest BCUT2D eigenvalue weighted by Gasteiger charge is -2.41. The molecule has 21 heavy (non-hydrogen) atoms. The Morgan fingerprint density at radius 1 is 1.43 bits per heavy atom. The minimum Gasteiger partial charge on any atom is -0.469 e. The summed E-state index contributed by atoms with van der Waals surface area (Å²) in [5.74, 6) is 0.0856. The van der Waals surface area contributed by atoms with E-state index in [0.717, 1.165) is 22.1 Å². The van der Waals surface area contributed by atoms with Crippen LogP contribution < -0.4 is 5.73 Å². The summed E-state index contributed by atoms with van der Waals surface area (Å²) in [6.45, 7) is 0. The quantitative estimate of drug-likeness (QED) is 0.471. The number of carbonyl (C=O) groups excluding carboxylic acids is 1. The molecule has 2 heterocycles. The van der Waals surface area contributed by atoms with E-state index < -0.39 is 0 Å². The number of ether oxygens (including phenoxy) is 1. The first-order valence-corrected chi connectivity index (χ1v) is 8.45. The van der Waals surface area contributed by atoms with Gasteiger partial charge in [-0.15, -0.1) is 0 Å². The molecular formula is C16H21IN2O2. The van der Waals surface area contributed by atoms with Gasteiger partial charge in [0.1, 0.15) is 0 Å². The molecule has 0 saturated carbocycles. The molecule has 0 aliphatic carbocycles. The number of methoxy groups -OCH3 is 1. The Balaban J connectivity index is 1.98. The Labute approximate surface area is 139 Å². The number of halogens is 1. The van der Waals surface area contributed by atoms with Gasteiger partial charge in [-0.3, -0.25) is 9.69 Å². The molecule has 0 aromatic heterocycles. The summed E-state index contributed by atoms with van der Waals surface area (Å²) in [7, 11) is 3.63. The molecule has 2 N–H and O–H groups in total. The predicted molar refractivity (Wildman–Crippen MR) is 91.0 cm³/mol. The number of benzene rings is 1. The van der Waals surface area contributed by atoms with Crippen LogP contribution in [0.15, 0.2) is 18.2 Å². The van der Waals surface area contributed by atoms with Crippen molar-refractivity contribution in [3.63, 3.8) is 0 Å². The number of rotatable bonds is 2. The van der Waals surface area contributed by atoms with Crippen LogP contribution in [-0.2, 0) is 9.53 Å². The molecule has 114 valence electrons. The number of hydrogen-bond acceptors (Lipinski definition) is 4. The van der Waals surface area contributed by atoms with Gasteiger partial charge in [-0.25, -0.2) is 0 Å². The largest absolute Gasteiger partial charge is 0.469 e. The monoisotopic (exact) mass is 400 g/mol. The van der Waals surface area contributed by atoms with Gasteiger partial charge in [0.25, 0.3) is 0 Å². The van der Waals surface area contributed by atoms with Crippen LogP contribution in [0.1, 0.15) is 30.7 Å². The average molecular weight is 400 g/mol. The average Bonchev–Trinajstić information content (AvgIpc) is 2.72. The summed E-state index contributed by atoms with van der Waals surface area (Å²) in [4.78, 5) is 14.7. The Hall–Kier alpha value is -0.820. The standard InChI is InChI=1S/C16H21IN2O2/c1-19-10-4-6-14(19)15(16(20)21-2)11(8-10)9-3-5-13(18)12(17)7-9/h3,5,7,10-11,14-15H,4,6,8,18H2,1-2H3/t10-,11-,14?,15?/m1/s1. The van der Waals surface area contributed by atoms with Gasteiger partial charge in [0, 0.05) is 27.3 Å². The highest BCUT2D eigenvalue weighted by molar-refractivity contribution is 14.1. The fourth-order valence-electron chi connectivity index (χ4n) is 4.04. The van der Waals surface area contributed by atoms with Gasteiger partial charge in [-0.2, -0.15) is 0 Å². The van der Waals surface area contributed by atoms with Crippen LogP contribution in [0.2, 0.25) is 0 Å². The molecule has 2 aliphatic rings. The molecule has 1 aromatic rings. The number of hydrogen-bond donors (Lipinski definition) is 1. The maximum absolute atomic E-state index is 12.4. The Morgan fingerprint density at radius 3 is 2.86 bits per heavy atom. The van der Waals surface area contributed by atoms with E-state index in [2.05, 4.69) is 46.7 Å². The maximum Gasteiger partial charge on any atom is 0.310 e. The normalized spacial score (nSPS) is 32.1. The first-order valence-electron chi connectivity index (χ1n) is 7.37. The van der Waals surface area contributed by atoms with Gasteiger partial charge in [0.05, 0.1) is 13.0 Å². The van der Waals surface area contributed by atoms with Crippen LogP contribution in [0.3, 0.4) is 0 Å². The van der Waals surface area contributed by atoms with Crippen LogP contribution in [0.4, 0.5) is 5.69 Å². The Kier molecular flexibility index (Phi) is 4.14. The first-order chi connectivity index (χ1) is 10.0. The van der Waals surface area contributed by atoms with Crippen LogP contribution in [0.25, 0.3) is 0 Å². The molecule has 4 nitrogen and oxygen atoms in total. The fourth-order valence-corrected chi connectivity index (χ4v) is 4.58. The smallest absolute Gasteiger partial charge is 0.310 e. The number of anilines is 1. The van der Waals surface area contributed by atoms with E-state index >= 15 is 0 Å². The molecule has 2 fully saturated rings. The van der Waals surface area contributed by atoms with Gasteiger partial charge in [-0.1, -0.05) is 6.07 Å². The van der Waals surface area contributed by atoms with Crippen LogP contribution in [-0.4, -0.2) is 37.1 Å². The zero-order valence-electron chi connectivity index (χ0n) is 12.4. The third-order valence-electron chi connectivity index (χ3n) is 5.19. The molecule has 2 unspecified atom stereocenters. The number of nitrogens with two attached hydrogens (primary N) is 1. The van der Waals surface area contributed by atoms with Gasteiger partial charge in [0.15, 0.2) is 0 Å². The fraction of sp³-hybridized carbons (Fsp3) is 0.562. The van der Waals surface area contributed by atoms with Crippen LogP contribution >= 0.6 is 22.6 Å². The van der Waals surface area contributed by atoms with Crippen molar-refractivity contribution >= 4 is 34.2 Å². The van der Waals surface area contributed by atoms with Crippen LogP contribution in [0, 0.1) is 9.49 Å². The van der Waals surface area contributed by atoms with Crippen molar-refractivity contribution in [1.29, 1.82) is 0 Å². The number of esters is 1. The second kappa shape index (κ2) is 5.76. The highest BCUT2D eigenvalue weighted by Crippen LogP contribution is 2.46. The summed E-state index contributed by atoms with van der Waals surface area (Å²) in [5.41, 5.74) is 7.93. The lowest BCUT2D eigenvalue weighted by molar-refractivity contribution is -0.150. The zero-order chi connectivity index (χ0) is 15.1. The van der Waals surface area contributed by atoms with E-state index in [-0.39, 0.29) is 17.8 Å². The third kappa shape index (κ3) is 2.54. The van der Waals surface area contributed by atoms with E-state index in [0.29, 0.717) is 12.1 Å². The zero-order valence-corrected chi connectivity index (χ0v) is 14.5. The summed E-state index contributed by atoms with van der Waals surface area (Å²) >= 11 is 2.26. The maximum atomic E-state index is 12.4. The highest BCUT2D eigenvalue weighted by Gasteiger charge is 2.49. The number of fused-ring (bicyclic) bond motifs is 2. The highest BCUT2D eigenvalue weighted by atomic mass is 127. The van der Waals surface area contributed by atoms with Crippen molar-refractivity contribution < 1.29 is 9.53 Å².